The smallest absolute Gasteiger partial charge is 0.305 e. The predicted molar refractivity (Wildman–Crippen MR) is 370 cm³/mol. The van der Waals surface area contributed by atoms with Crippen LogP contribution in [0.4, 0.5) is 0 Å². The summed E-state index contributed by atoms with van der Waals surface area (Å²) in [5.74, 6) is -0.0370. The Morgan fingerprint density at radius 2 is 0.560 bits per heavy atom. The average Bonchev–Trinajstić information content (AvgIpc) is 3.53. The Labute approximate surface area is 526 Å². The standard InChI is InChI=1S/C78H151NO5/c1-3-5-7-9-11-13-15-17-19-39-43-46-50-54-58-62-66-70-76(81)75(74-80)79-77(82)71-67-63-59-55-51-47-44-40-37-35-33-31-29-27-25-23-21-20-22-24-26-28-30-32-34-36-38-41-45-49-53-57-61-65-69-73-84-78(83)72-68-64-60-56-52-48-42-18-16-14-12-10-8-6-4-2/h22,24,66,70,75-76,80-81H,3-21,23,25-65,67-69,71-74H2,1-2H3,(H,79,82)/b24-22-,70-66+. The minimum absolute atomic E-state index is 0.0238. The van der Waals surface area contributed by atoms with Crippen LogP contribution in [0.1, 0.15) is 438 Å². The molecule has 0 rings (SSSR count). The molecule has 0 heterocycles. The van der Waals surface area contributed by atoms with Gasteiger partial charge in [0.1, 0.15) is 0 Å². The van der Waals surface area contributed by atoms with Crippen LogP contribution in [0.5, 0.6) is 0 Å². The van der Waals surface area contributed by atoms with Gasteiger partial charge in [-0.2, -0.15) is 0 Å². The highest BCUT2D eigenvalue weighted by Crippen LogP contribution is 2.19. The molecule has 498 valence electrons. The Kier molecular flexibility index (Phi) is 72.3. The summed E-state index contributed by atoms with van der Waals surface area (Å²) in [4.78, 5) is 24.6. The fourth-order valence-electron chi connectivity index (χ4n) is 12.3. The molecule has 0 aromatic rings. The van der Waals surface area contributed by atoms with Crippen molar-refractivity contribution in [1.82, 2.24) is 5.32 Å². The van der Waals surface area contributed by atoms with Crippen LogP contribution in [-0.4, -0.2) is 47.4 Å². The first kappa shape index (κ1) is 82.3. The quantitative estimate of drug-likeness (QED) is 0.0320. The summed E-state index contributed by atoms with van der Waals surface area (Å²) in [7, 11) is 0. The lowest BCUT2D eigenvalue weighted by Crippen LogP contribution is -2.45. The van der Waals surface area contributed by atoms with E-state index in [1.807, 2.05) is 6.08 Å². The van der Waals surface area contributed by atoms with Crippen molar-refractivity contribution in [2.75, 3.05) is 13.2 Å². The number of carbonyl (C=O) groups is 2. The molecule has 0 aliphatic heterocycles. The van der Waals surface area contributed by atoms with Gasteiger partial charge >= 0.3 is 5.97 Å². The number of nitrogens with one attached hydrogen (secondary N) is 1. The van der Waals surface area contributed by atoms with Crippen LogP contribution >= 0.6 is 0 Å². The molecular weight excluding hydrogens is 1030 g/mol. The Morgan fingerprint density at radius 1 is 0.321 bits per heavy atom. The van der Waals surface area contributed by atoms with Crippen molar-refractivity contribution in [3.63, 3.8) is 0 Å². The highest BCUT2D eigenvalue weighted by molar-refractivity contribution is 5.76. The van der Waals surface area contributed by atoms with Crippen LogP contribution in [0.2, 0.25) is 0 Å². The van der Waals surface area contributed by atoms with Crippen LogP contribution in [0.15, 0.2) is 24.3 Å². The number of ether oxygens (including phenoxy) is 1. The van der Waals surface area contributed by atoms with Gasteiger partial charge in [-0.1, -0.05) is 391 Å². The molecule has 0 fully saturated rings. The van der Waals surface area contributed by atoms with E-state index >= 15 is 0 Å². The first-order valence-corrected chi connectivity index (χ1v) is 38.6. The number of hydrogen-bond donors (Lipinski definition) is 3. The summed E-state index contributed by atoms with van der Waals surface area (Å²) in [5.41, 5.74) is 0. The highest BCUT2D eigenvalue weighted by Gasteiger charge is 2.18. The highest BCUT2D eigenvalue weighted by atomic mass is 16.5. The zero-order valence-corrected chi connectivity index (χ0v) is 57.2. The van der Waals surface area contributed by atoms with Gasteiger partial charge in [-0.25, -0.2) is 0 Å². The molecule has 2 unspecified atom stereocenters. The second-order valence-corrected chi connectivity index (χ2v) is 26.7. The van der Waals surface area contributed by atoms with E-state index in [1.54, 1.807) is 6.08 Å². The van der Waals surface area contributed by atoms with E-state index in [0.717, 1.165) is 38.5 Å². The van der Waals surface area contributed by atoms with Crippen molar-refractivity contribution in [3.8, 4) is 0 Å². The lowest BCUT2D eigenvalue weighted by atomic mass is 10.0. The molecule has 0 saturated carbocycles. The Bertz CT molecular complexity index is 1320. The zero-order chi connectivity index (χ0) is 60.6. The second-order valence-electron chi connectivity index (χ2n) is 26.7. The van der Waals surface area contributed by atoms with Crippen molar-refractivity contribution in [1.29, 1.82) is 0 Å². The number of hydrogen-bond acceptors (Lipinski definition) is 5. The molecule has 6 heteroatoms. The van der Waals surface area contributed by atoms with E-state index < -0.39 is 12.1 Å². The third-order valence-electron chi connectivity index (χ3n) is 18.2. The summed E-state index contributed by atoms with van der Waals surface area (Å²) >= 11 is 0. The van der Waals surface area contributed by atoms with Gasteiger partial charge in [-0.05, 0) is 57.8 Å². The summed E-state index contributed by atoms with van der Waals surface area (Å²) in [6.45, 7) is 4.95. The van der Waals surface area contributed by atoms with Crippen molar-refractivity contribution >= 4 is 11.9 Å². The summed E-state index contributed by atoms with van der Waals surface area (Å²) in [5, 5.41) is 23.2. The van der Waals surface area contributed by atoms with Crippen molar-refractivity contribution in [2.45, 2.75) is 450 Å². The van der Waals surface area contributed by atoms with E-state index in [1.165, 1.54) is 372 Å². The SMILES string of the molecule is CCCCCCCCCCCCCCCCC/C=C/C(O)C(CO)NC(=O)CCCCCCCCCCCCCCCCCCC/C=C\CCCCCCCCCCCCCCCCOC(=O)CCCCCCCCCCCCCCCCC. The molecule has 0 aliphatic rings. The number of allylic oxidation sites excluding steroid dienone is 3. The minimum Gasteiger partial charge on any atom is -0.466 e. The molecule has 0 radical (unpaired) electrons. The van der Waals surface area contributed by atoms with Crippen LogP contribution in [-0.2, 0) is 14.3 Å². The lowest BCUT2D eigenvalue weighted by molar-refractivity contribution is -0.143. The van der Waals surface area contributed by atoms with E-state index in [9.17, 15) is 19.8 Å². The summed E-state index contributed by atoms with van der Waals surface area (Å²) in [6, 6.07) is -0.625. The molecule has 2 atom stereocenters. The van der Waals surface area contributed by atoms with Crippen LogP contribution in [0.25, 0.3) is 0 Å². The third-order valence-corrected chi connectivity index (χ3v) is 18.2. The van der Waals surface area contributed by atoms with Gasteiger partial charge in [0.2, 0.25) is 5.91 Å². The molecule has 0 bridgehead atoms. The zero-order valence-electron chi connectivity index (χ0n) is 57.2. The van der Waals surface area contributed by atoms with Gasteiger partial charge in [0.15, 0.2) is 0 Å². The monoisotopic (exact) mass is 1180 g/mol. The molecule has 1 amide bonds. The number of carbonyl (C=O) groups excluding carboxylic acids is 2. The van der Waals surface area contributed by atoms with Gasteiger partial charge in [0.25, 0.3) is 0 Å². The van der Waals surface area contributed by atoms with Gasteiger partial charge in [-0.3, -0.25) is 9.59 Å². The Hall–Kier alpha value is -1.66. The van der Waals surface area contributed by atoms with E-state index in [0.29, 0.717) is 19.4 Å². The van der Waals surface area contributed by atoms with Crippen LogP contribution in [0.3, 0.4) is 0 Å². The van der Waals surface area contributed by atoms with Crippen molar-refractivity contribution in [2.24, 2.45) is 0 Å². The largest absolute Gasteiger partial charge is 0.466 e. The summed E-state index contributed by atoms with van der Waals surface area (Å²) < 4.78 is 5.50. The first-order valence-electron chi connectivity index (χ1n) is 38.6. The Balaban J connectivity index is 3.34. The van der Waals surface area contributed by atoms with Crippen LogP contribution < -0.4 is 5.32 Å². The lowest BCUT2D eigenvalue weighted by Gasteiger charge is -2.20. The van der Waals surface area contributed by atoms with E-state index in [2.05, 4.69) is 31.3 Å². The molecule has 84 heavy (non-hydrogen) atoms. The number of esters is 1. The molecular formula is C78H151NO5. The van der Waals surface area contributed by atoms with Gasteiger partial charge in [0, 0.05) is 12.8 Å². The maximum absolute atomic E-state index is 12.5. The number of amides is 1. The number of aliphatic hydroxyl groups excluding tert-OH is 2. The van der Waals surface area contributed by atoms with E-state index in [4.69, 9.17) is 4.74 Å². The molecule has 0 aromatic carbocycles. The predicted octanol–water partition coefficient (Wildman–Crippen LogP) is 25.3. The van der Waals surface area contributed by atoms with E-state index in [-0.39, 0.29) is 18.5 Å². The first-order chi connectivity index (χ1) is 41.5. The second kappa shape index (κ2) is 73.8. The fraction of sp³-hybridized carbons (Fsp3) is 0.923. The molecule has 0 aliphatic carbocycles. The minimum atomic E-state index is -0.842. The fourth-order valence-corrected chi connectivity index (χ4v) is 12.3. The maximum atomic E-state index is 12.5. The number of aliphatic hydroxyl groups is 2. The van der Waals surface area contributed by atoms with Gasteiger partial charge in [-0.15, -0.1) is 0 Å². The van der Waals surface area contributed by atoms with Crippen LogP contribution in [0, 0.1) is 0 Å². The van der Waals surface area contributed by atoms with Gasteiger partial charge in [0.05, 0.1) is 25.4 Å². The Morgan fingerprint density at radius 3 is 0.845 bits per heavy atom. The maximum Gasteiger partial charge on any atom is 0.305 e. The molecule has 0 aromatic heterocycles. The third kappa shape index (κ3) is 69.4. The average molecular weight is 1180 g/mol. The molecule has 6 nitrogen and oxygen atoms in total. The van der Waals surface area contributed by atoms with Crippen molar-refractivity contribution in [3.05, 3.63) is 24.3 Å². The molecule has 3 N–H and O–H groups in total. The van der Waals surface area contributed by atoms with Gasteiger partial charge < -0.3 is 20.3 Å². The topological polar surface area (TPSA) is 95.9 Å². The molecule has 0 spiro atoms. The van der Waals surface area contributed by atoms with Crippen molar-refractivity contribution < 1.29 is 24.5 Å². The number of unbranched alkanes of at least 4 members (excludes halogenated alkanes) is 60. The number of rotatable bonds is 73. The summed E-state index contributed by atoms with van der Waals surface area (Å²) in [6.07, 6.45) is 94.4. The normalized spacial score (nSPS) is 12.6. The molecule has 0 saturated heterocycles.